The second kappa shape index (κ2) is 7.80. The molecule has 0 bridgehead atoms. The lowest BCUT2D eigenvalue weighted by atomic mass is 10.1. The number of hydrogen-bond donors (Lipinski definition) is 1. The summed E-state index contributed by atoms with van der Waals surface area (Å²) in [6.45, 7) is 2.83. The number of carbonyl (C=O) groups is 1. The molecule has 0 radical (unpaired) electrons. The van der Waals surface area contributed by atoms with Crippen molar-refractivity contribution < 1.29 is 18.7 Å². The van der Waals surface area contributed by atoms with E-state index >= 15 is 0 Å². The van der Waals surface area contributed by atoms with Crippen molar-refractivity contribution in [3.63, 3.8) is 0 Å². The number of carbonyl (C=O) groups excluding carboxylic acids is 1. The van der Waals surface area contributed by atoms with E-state index in [1.807, 2.05) is 30.3 Å². The Labute approximate surface area is 157 Å². The van der Waals surface area contributed by atoms with Crippen LogP contribution in [0.25, 0.3) is 0 Å². The molecule has 5 nitrogen and oxygen atoms in total. The molecule has 0 atom stereocenters. The van der Waals surface area contributed by atoms with Crippen molar-refractivity contribution in [2.75, 3.05) is 19.9 Å². The summed E-state index contributed by atoms with van der Waals surface area (Å²) in [4.78, 5) is 14.6. The molecule has 0 aromatic heterocycles. The highest BCUT2D eigenvalue weighted by atomic mass is 19.1. The van der Waals surface area contributed by atoms with E-state index in [0.717, 1.165) is 29.0 Å². The van der Waals surface area contributed by atoms with E-state index in [1.54, 1.807) is 12.1 Å². The number of nitrogens with one attached hydrogen (secondary N) is 1. The summed E-state index contributed by atoms with van der Waals surface area (Å²) in [6.07, 6.45) is 2.64. The first-order valence-electron chi connectivity index (χ1n) is 9.00. The van der Waals surface area contributed by atoms with E-state index in [2.05, 4.69) is 10.2 Å². The average molecular weight is 368 g/mol. The Hall–Kier alpha value is -2.86. The van der Waals surface area contributed by atoms with Gasteiger partial charge >= 0.3 is 0 Å². The van der Waals surface area contributed by atoms with E-state index in [1.165, 1.54) is 6.07 Å². The summed E-state index contributed by atoms with van der Waals surface area (Å²) in [7, 11) is 0. The standard InChI is InChI=1S/C21H21FN2O3/c22-18-3-1-2-16(10-18)13-24-8-6-17(7-9-24)21(25)23-12-15-4-5-19-20(11-15)27-14-26-19/h1-6,10-11H,7-9,12-14H2,(H,23,25). The van der Waals surface area contributed by atoms with Crippen LogP contribution in [0.5, 0.6) is 11.5 Å². The summed E-state index contributed by atoms with van der Waals surface area (Å²) in [5.41, 5.74) is 2.71. The monoisotopic (exact) mass is 368 g/mol. The minimum absolute atomic E-state index is 0.0435. The fraction of sp³-hybridized carbons (Fsp3) is 0.286. The summed E-state index contributed by atoms with van der Waals surface area (Å²) >= 11 is 0. The normalized spacial score (nSPS) is 16.1. The van der Waals surface area contributed by atoms with Crippen molar-refractivity contribution >= 4 is 5.91 Å². The van der Waals surface area contributed by atoms with Gasteiger partial charge in [0.25, 0.3) is 0 Å². The maximum absolute atomic E-state index is 13.3. The number of fused-ring (bicyclic) bond motifs is 1. The predicted molar refractivity (Wildman–Crippen MR) is 98.8 cm³/mol. The quantitative estimate of drug-likeness (QED) is 0.882. The second-order valence-electron chi connectivity index (χ2n) is 6.71. The lowest BCUT2D eigenvalue weighted by molar-refractivity contribution is -0.117. The van der Waals surface area contributed by atoms with Crippen LogP contribution in [-0.4, -0.2) is 30.7 Å². The van der Waals surface area contributed by atoms with Crippen molar-refractivity contribution in [3.8, 4) is 11.5 Å². The zero-order valence-corrected chi connectivity index (χ0v) is 14.9. The topological polar surface area (TPSA) is 50.8 Å². The molecule has 4 rings (SSSR count). The molecular formula is C21H21FN2O3. The van der Waals surface area contributed by atoms with E-state index in [4.69, 9.17) is 9.47 Å². The van der Waals surface area contributed by atoms with Gasteiger partial charge in [-0.25, -0.2) is 4.39 Å². The Morgan fingerprint density at radius 2 is 2.00 bits per heavy atom. The smallest absolute Gasteiger partial charge is 0.247 e. The van der Waals surface area contributed by atoms with Gasteiger partial charge in [0.2, 0.25) is 12.7 Å². The predicted octanol–water partition coefficient (Wildman–Crippen LogP) is 3.00. The Morgan fingerprint density at radius 1 is 1.11 bits per heavy atom. The molecule has 0 fully saturated rings. The second-order valence-corrected chi connectivity index (χ2v) is 6.71. The fourth-order valence-electron chi connectivity index (χ4n) is 3.30. The molecule has 0 saturated carbocycles. The van der Waals surface area contributed by atoms with Crippen molar-refractivity contribution in [1.29, 1.82) is 0 Å². The lowest BCUT2D eigenvalue weighted by Gasteiger charge is -2.26. The minimum atomic E-state index is -0.219. The average Bonchev–Trinajstić information content (AvgIpc) is 3.14. The molecule has 2 aliphatic rings. The van der Waals surface area contributed by atoms with Gasteiger partial charge in [0.15, 0.2) is 11.5 Å². The van der Waals surface area contributed by atoms with E-state index in [-0.39, 0.29) is 18.5 Å². The number of halogens is 1. The molecule has 1 amide bonds. The summed E-state index contributed by atoms with van der Waals surface area (Å²) < 4.78 is 23.9. The van der Waals surface area contributed by atoms with Crippen LogP contribution >= 0.6 is 0 Å². The number of hydrogen-bond acceptors (Lipinski definition) is 4. The molecule has 27 heavy (non-hydrogen) atoms. The molecule has 2 aromatic rings. The summed E-state index contributed by atoms with van der Waals surface area (Å²) in [6, 6.07) is 12.3. The van der Waals surface area contributed by atoms with Crippen molar-refractivity contribution in [2.24, 2.45) is 0 Å². The van der Waals surface area contributed by atoms with Gasteiger partial charge < -0.3 is 14.8 Å². The van der Waals surface area contributed by atoms with Crippen LogP contribution in [-0.2, 0) is 17.9 Å². The third-order valence-electron chi connectivity index (χ3n) is 4.77. The first-order chi connectivity index (χ1) is 13.2. The van der Waals surface area contributed by atoms with Gasteiger partial charge in [-0.05, 0) is 41.8 Å². The zero-order chi connectivity index (χ0) is 18.6. The van der Waals surface area contributed by atoms with Crippen LogP contribution in [0.2, 0.25) is 0 Å². The third-order valence-corrected chi connectivity index (χ3v) is 4.77. The largest absolute Gasteiger partial charge is 0.454 e. The first kappa shape index (κ1) is 17.5. The molecule has 0 aliphatic carbocycles. The van der Waals surface area contributed by atoms with Crippen molar-refractivity contribution in [2.45, 2.75) is 19.5 Å². The Balaban J connectivity index is 1.29. The van der Waals surface area contributed by atoms with Gasteiger partial charge in [0.05, 0.1) is 0 Å². The molecule has 2 aliphatic heterocycles. The van der Waals surface area contributed by atoms with Crippen LogP contribution in [0.15, 0.2) is 54.1 Å². The van der Waals surface area contributed by atoms with Gasteiger partial charge in [0, 0.05) is 31.8 Å². The highest BCUT2D eigenvalue weighted by Gasteiger charge is 2.18. The van der Waals surface area contributed by atoms with E-state index in [9.17, 15) is 9.18 Å². The molecule has 140 valence electrons. The molecule has 6 heteroatoms. The summed E-state index contributed by atoms with van der Waals surface area (Å²) in [5.74, 6) is 1.19. The molecule has 2 heterocycles. The number of rotatable bonds is 5. The molecule has 2 aromatic carbocycles. The van der Waals surface area contributed by atoms with Gasteiger partial charge in [0.1, 0.15) is 5.82 Å². The van der Waals surface area contributed by atoms with Gasteiger partial charge in [-0.2, -0.15) is 0 Å². The SMILES string of the molecule is O=C(NCc1ccc2c(c1)OCO2)C1=CCN(Cc2cccc(F)c2)CC1. The number of nitrogens with zero attached hydrogens (tertiary/aromatic N) is 1. The van der Waals surface area contributed by atoms with Crippen LogP contribution in [0.3, 0.4) is 0 Å². The van der Waals surface area contributed by atoms with Crippen LogP contribution < -0.4 is 14.8 Å². The molecule has 0 spiro atoms. The molecular weight excluding hydrogens is 347 g/mol. The lowest BCUT2D eigenvalue weighted by Crippen LogP contribution is -2.33. The molecule has 0 saturated heterocycles. The van der Waals surface area contributed by atoms with Gasteiger partial charge in [-0.1, -0.05) is 24.3 Å². The maximum Gasteiger partial charge on any atom is 0.247 e. The zero-order valence-electron chi connectivity index (χ0n) is 14.9. The van der Waals surface area contributed by atoms with Crippen LogP contribution in [0.1, 0.15) is 17.5 Å². The van der Waals surface area contributed by atoms with Crippen LogP contribution in [0.4, 0.5) is 4.39 Å². The maximum atomic E-state index is 13.3. The number of amides is 1. The van der Waals surface area contributed by atoms with Crippen molar-refractivity contribution in [3.05, 3.63) is 71.1 Å². The Bertz CT molecular complexity index is 881. The Kier molecular flexibility index (Phi) is 5.07. The number of benzene rings is 2. The number of ether oxygens (including phenoxy) is 2. The fourth-order valence-corrected chi connectivity index (χ4v) is 3.30. The van der Waals surface area contributed by atoms with E-state index in [0.29, 0.717) is 31.8 Å². The van der Waals surface area contributed by atoms with Gasteiger partial charge in [-0.15, -0.1) is 0 Å². The first-order valence-corrected chi connectivity index (χ1v) is 9.00. The minimum Gasteiger partial charge on any atom is -0.454 e. The molecule has 1 N–H and O–H groups in total. The third kappa shape index (κ3) is 4.28. The molecule has 0 unspecified atom stereocenters. The summed E-state index contributed by atoms with van der Waals surface area (Å²) in [5, 5.41) is 2.96. The van der Waals surface area contributed by atoms with Crippen LogP contribution in [0, 0.1) is 5.82 Å². The van der Waals surface area contributed by atoms with Gasteiger partial charge in [-0.3, -0.25) is 9.69 Å². The highest BCUT2D eigenvalue weighted by Crippen LogP contribution is 2.32. The van der Waals surface area contributed by atoms with E-state index < -0.39 is 0 Å². The van der Waals surface area contributed by atoms with Crippen molar-refractivity contribution in [1.82, 2.24) is 10.2 Å². The highest BCUT2D eigenvalue weighted by molar-refractivity contribution is 5.93. The Morgan fingerprint density at radius 3 is 2.81 bits per heavy atom.